The van der Waals surface area contributed by atoms with Crippen LogP contribution in [0, 0.1) is 0 Å². The lowest BCUT2D eigenvalue weighted by molar-refractivity contribution is 0.0909. The summed E-state index contributed by atoms with van der Waals surface area (Å²) in [6, 6.07) is 8.20. The normalized spacial score (nSPS) is 24.8. The third-order valence-electron chi connectivity index (χ3n) is 3.99. The van der Waals surface area contributed by atoms with Crippen LogP contribution in [0.1, 0.15) is 42.1 Å². The average molecular weight is 302 g/mol. The van der Waals surface area contributed by atoms with Crippen molar-refractivity contribution in [1.29, 1.82) is 0 Å². The summed E-state index contributed by atoms with van der Waals surface area (Å²) in [6.45, 7) is 1.62. The zero-order chi connectivity index (χ0) is 14.1. The molecule has 0 amide bonds. The predicted molar refractivity (Wildman–Crippen MR) is 82.0 cm³/mol. The number of para-hydroxylation sites is 2. The summed E-state index contributed by atoms with van der Waals surface area (Å²) in [7, 11) is 0. The van der Waals surface area contributed by atoms with Crippen LogP contribution in [0.2, 0.25) is 0 Å². The molecule has 2 unspecified atom stereocenters. The standard InChI is InChI=1S/C16H18N2O2S/c1-2-7-14-13(6-1)19-9-15(20-14)16-18-12(10-21-16)11-5-3-4-8-17-11/h1-2,6-7,10-11,15,17H,3-5,8-9H2. The van der Waals surface area contributed by atoms with Crippen molar-refractivity contribution in [3.05, 3.63) is 40.3 Å². The number of hydrogen-bond acceptors (Lipinski definition) is 5. The fraction of sp³-hybridized carbons (Fsp3) is 0.438. The summed E-state index contributed by atoms with van der Waals surface area (Å²) < 4.78 is 11.8. The van der Waals surface area contributed by atoms with Gasteiger partial charge in [-0.15, -0.1) is 11.3 Å². The van der Waals surface area contributed by atoms with E-state index in [0.717, 1.165) is 28.7 Å². The van der Waals surface area contributed by atoms with Gasteiger partial charge in [-0.25, -0.2) is 4.98 Å². The van der Waals surface area contributed by atoms with Crippen molar-refractivity contribution in [2.45, 2.75) is 31.4 Å². The quantitative estimate of drug-likeness (QED) is 0.922. The third kappa shape index (κ3) is 2.63. The van der Waals surface area contributed by atoms with Gasteiger partial charge in [0.1, 0.15) is 11.6 Å². The van der Waals surface area contributed by atoms with E-state index in [1.165, 1.54) is 19.3 Å². The first-order chi connectivity index (χ1) is 10.4. The molecular weight excluding hydrogens is 284 g/mol. The third-order valence-corrected chi connectivity index (χ3v) is 4.95. The molecule has 3 heterocycles. The molecule has 0 saturated carbocycles. The molecule has 1 fully saturated rings. The van der Waals surface area contributed by atoms with Gasteiger partial charge in [0, 0.05) is 5.38 Å². The number of fused-ring (bicyclic) bond motifs is 1. The molecular formula is C16H18N2O2S. The second-order valence-corrected chi connectivity index (χ2v) is 6.37. The minimum absolute atomic E-state index is 0.0951. The molecule has 0 aliphatic carbocycles. The molecule has 110 valence electrons. The Morgan fingerprint density at radius 1 is 1.19 bits per heavy atom. The highest BCUT2D eigenvalue weighted by Crippen LogP contribution is 2.37. The maximum absolute atomic E-state index is 6.02. The molecule has 21 heavy (non-hydrogen) atoms. The molecule has 0 spiro atoms. The summed E-state index contributed by atoms with van der Waals surface area (Å²) in [5, 5.41) is 6.70. The number of benzene rings is 1. The topological polar surface area (TPSA) is 43.4 Å². The molecule has 1 aromatic heterocycles. The van der Waals surface area contributed by atoms with Gasteiger partial charge in [-0.3, -0.25) is 0 Å². The van der Waals surface area contributed by atoms with Crippen molar-refractivity contribution in [1.82, 2.24) is 10.3 Å². The Hall–Kier alpha value is -1.59. The van der Waals surface area contributed by atoms with Gasteiger partial charge in [-0.1, -0.05) is 18.6 Å². The van der Waals surface area contributed by atoms with Crippen LogP contribution in [0.4, 0.5) is 0 Å². The number of piperidine rings is 1. The summed E-state index contributed by atoms with van der Waals surface area (Å²) in [4.78, 5) is 4.78. The van der Waals surface area contributed by atoms with Crippen LogP contribution in [-0.2, 0) is 0 Å². The monoisotopic (exact) mass is 302 g/mol. The van der Waals surface area contributed by atoms with Gasteiger partial charge in [0.2, 0.25) is 0 Å². The van der Waals surface area contributed by atoms with E-state index in [9.17, 15) is 0 Å². The van der Waals surface area contributed by atoms with Gasteiger partial charge in [0.25, 0.3) is 0 Å². The second kappa shape index (κ2) is 5.66. The first-order valence-electron chi connectivity index (χ1n) is 7.47. The number of nitrogens with one attached hydrogen (secondary N) is 1. The van der Waals surface area contributed by atoms with Gasteiger partial charge in [0.05, 0.1) is 11.7 Å². The highest BCUT2D eigenvalue weighted by atomic mass is 32.1. The Labute approximate surface area is 128 Å². The van der Waals surface area contributed by atoms with E-state index in [1.54, 1.807) is 11.3 Å². The van der Waals surface area contributed by atoms with Gasteiger partial charge in [-0.2, -0.15) is 0 Å². The van der Waals surface area contributed by atoms with Crippen LogP contribution in [0.3, 0.4) is 0 Å². The Kier molecular flexibility index (Phi) is 3.53. The first-order valence-corrected chi connectivity index (χ1v) is 8.35. The van der Waals surface area contributed by atoms with Crippen molar-refractivity contribution >= 4 is 11.3 Å². The maximum Gasteiger partial charge on any atom is 0.184 e. The Morgan fingerprint density at radius 3 is 2.95 bits per heavy atom. The highest BCUT2D eigenvalue weighted by molar-refractivity contribution is 7.09. The second-order valence-electron chi connectivity index (χ2n) is 5.48. The smallest absolute Gasteiger partial charge is 0.184 e. The van der Waals surface area contributed by atoms with E-state index in [0.29, 0.717) is 12.6 Å². The van der Waals surface area contributed by atoms with Gasteiger partial charge in [-0.05, 0) is 31.5 Å². The van der Waals surface area contributed by atoms with E-state index in [2.05, 4.69) is 10.7 Å². The zero-order valence-electron chi connectivity index (χ0n) is 11.7. The minimum Gasteiger partial charge on any atom is -0.485 e. The van der Waals surface area contributed by atoms with Crippen LogP contribution < -0.4 is 14.8 Å². The lowest BCUT2D eigenvalue weighted by Crippen LogP contribution is -2.27. The molecule has 0 radical (unpaired) electrons. The van der Waals surface area contributed by atoms with Crippen molar-refractivity contribution < 1.29 is 9.47 Å². The molecule has 4 rings (SSSR count). The fourth-order valence-corrected chi connectivity index (χ4v) is 3.74. The summed E-state index contributed by atoms with van der Waals surface area (Å²) >= 11 is 1.67. The molecule has 2 aromatic rings. The zero-order valence-corrected chi connectivity index (χ0v) is 12.6. The van der Waals surface area contributed by atoms with Crippen molar-refractivity contribution in [2.75, 3.05) is 13.2 Å². The number of aromatic nitrogens is 1. The van der Waals surface area contributed by atoms with Crippen LogP contribution in [0.5, 0.6) is 11.5 Å². The molecule has 5 heteroatoms. The molecule has 2 aliphatic heterocycles. The molecule has 4 nitrogen and oxygen atoms in total. The average Bonchev–Trinajstić information content (AvgIpc) is 3.05. The van der Waals surface area contributed by atoms with Crippen LogP contribution in [0.25, 0.3) is 0 Å². The van der Waals surface area contributed by atoms with E-state index >= 15 is 0 Å². The molecule has 2 aliphatic rings. The van der Waals surface area contributed by atoms with Gasteiger partial charge < -0.3 is 14.8 Å². The number of rotatable bonds is 2. The van der Waals surface area contributed by atoms with Crippen LogP contribution in [0.15, 0.2) is 29.6 Å². The highest BCUT2D eigenvalue weighted by Gasteiger charge is 2.26. The van der Waals surface area contributed by atoms with Crippen molar-refractivity contribution in [3.63, 3.8) is 0 Å². The number of hydrogen-bond donors (Lipinski definition) is 1. The largest absolute Gasteiger partial charge is 0.485 e. The Balaban J connectivity index is 1.51. The van der Waals surface area contributed by atoms with Crippen LogP contribution >= 0.6 is 11.3 Å². The molecule has 1 aromatic carbocycles. The van der Waals surface area contributed by atoms with E-state index in [1.807, 2.05) is 24.3 Å². The SMILES string of the molecule is c1ccc2c(c1)OCC(c1nc(C3CCCCN3)cs1)O2. The Morgan fingerprint density at radius 2 is 2.10 bits per heavy atom. The van der Waals surface area contributed by atoms with E-state index < -0.39 is 0 Å². The molecule has 2 atom stereocenters. The van der Waals surface area contributed by atoms with Crippen LogP contribution in [-0.4, -0.2) is 18.1 Å². The molecule has 0 bridgehead atoms. The number of ether oxygens (including phenoxy) is 2. The maximum atomic E-state index is 6.02. The number of nitrogens with zero attached hydrogens (tertiary/aromatic N) is 1. The van der Waals surface area contributed by atoms with Crippen molar-refractivity contribution in [3.8, 4) is 11.5 Å². The fourth-order valence-electron chi connectivity index (χ4n) is 2.85. The van der Waals surface area contributed by atoms with Crippen molar-refractivity contribution in [2.24, 2.45) is 0 Å². The first kappa shape index (κ1) is 13.1. The number of thiazole rings is 1. The van der Waals surface area contributed by atoms with Gasteiger partial charge >= 0.3 is 0 Å². The summed E-state index contributed by atoms with van der Waals surface area (Å²) in [5.74, 6) is 1.63. The summed E-state index contributed by atoms with van der Waals surface area (Å²) in [6.07, 6.45) is 3.63. The lowest BCUT2D eigenvalue weighted by atomic mass is 10.0. The summed E-state index contributed by atoms with van der Waals surface area (Å²) in [5.41, 5.74) is 1.15. The molecule has 1 saturated heterocycles. The minimum atomic E-state index is -0.0951. The lowest BCUT2D eigenvalue weighted by Gasteiger charge is -2.25. The molecule has 1 N–H and O–H groups in total. The predicted octanol–water partition coefficient (Wildman–Crippen LogP) is 3.47. The Bertz CT molecular complexity index is 622. The van der Waals surface area contributed by atoms with E-state index in [-0.39, 0.29) is 6.10 Å². The van der Waals surface area contributed by atoms with E-state index in [4.69, 9.17) is 14.5 Å². The van der Waals surface area contributed by atoms with Gasteiger partial charge in [0.15, 0.2) is 17.6 Å².